The van der Waals surface area contributed by atoms with Crippen molar-refractivity contribution >= 4 is 12.9 Å². The fourth-order valence-electron chi connectivity index (χ4n) is 1.36. The van der Waals surface area contributed by atoms with Crippen LogP contribution in [0.4, 0.5) is 0 Å². The second-order valence-corrected chi connectivity index (χ2v) is 5.59. The molecule has 18 heavy (non-hydrogen) atoms. The molecule has 1 radical (unpaired) electrons. The van der Waals surface area contributed by atoms with E-state index < -0.39 is 11.2 Å². The number of hydrogen-bond donors (Lipinski definition) is 2. The molecule has 99 valence electrons. The van der Waals surface area contributed by atoms with E-state index in [1.165, 1.54) is 0 Å². The van der Waals surface area contributed by atoms with Crippen LogP contribution in [-0.4, -0.2) is 28.9 Å². The maximum absolute atomic E-state index is 10.0. The number of hydrogen-bond acceptors (Lipinski definition) is 3. The van der Waals surface area contributed by atoms with Crippen molar-refractivity contribution in [3.63, 3.8) is 0 Å². The fraction of sp³-hybridized carbons (Fsp3) is 0.571. The molecule has 3 nitrogen and oxygen atoms in total. The largest absolute Gasteiger partial charge is 0.427 e. The van der Waals surface area contributed by atoms with E-state index in [0.29, 0.717) is 0 Å². The molecule has 1 aromatic carbocycles. The molecule has 0 spiro atoms. The number of benzene rings is 1. The summed E-state index contributed by atoms with van der Waals surface area (Å²) < 4.78 is 5.70. The molecule has 0 aromatic heterocycles. The summed E-state index contributed by atoms with van der Waals surface area (Å²) in [5, 5.41) is 19.2. The van der Waals surface area contributed by atoms with E-state index in [9.17, 15) is 10.2 Å². The first-order valence-corrected chi connectivity index (χ1v) is 6.12. The summed E-state index contributed by atoms with van der Waals surface area (Å²) in [7, 11) is 1.65. The van der Waals surface area contributed by atoms with Crippen molar-refractivity contribution in [3.05, 3.63) is 29.3 Å². The molecule has 0 bridgehead atoms. The molecule has 0 aliphatic rings. The van der Waals surface area contributed by atoms with Gasteiger partial charge in [-0.05, 0) is 45.7 Å². The van der Waals surface area contributed by atoms with Crippen molar-refractivity contribution in [3.8, 4) is 0 Å². The van der Waals surface area contributed by atoms with E-state index in [-0.39, 0.29) is 6.61 Å². The Morgan fingerprint density at radius 2 is 1.83 bits per heavy atom. The molecule has 1 rings (SSSR count). The third kappa shape index (κ3) is 3.34. The second-order valence-electron chi connectivity index (χ2n) is 5.59. The first kappa shape index (κ1) is 15.2. The van der Waals surface area contributed by atoms with Gasteiger partial charge in [0, 0.05) is 0 Å². The van der Waals surface area contributed by atoms with Gasteiger partial charge in [-0.25, -0.2) is 0 Å². The van der Waals surface area contributed by atoms with Crippen LogP contribution in [0.3, 0.4) is 0 Å². The van der Waals surface area contributed by atoms with Gasteiger partial charge in [0.05, 0.1) is 17.8 Å². The highest BCUT2D eigenvalue weighted by molar-refractivity contribution is 6.47. The molecule has 0 aliphatic carbocycles. The smallest absolute Gasteiger partial charge is 0.331 e. The van der Waals surface area contributed by atoms with Crippen molar-refractivity contribution in [2.24, 2.45) is 0 Å². The fourth-order valence-corrected chi connectivity index (χ4v) is 1.36. The predicted molar refractivity (Wildman–Crippen MR) is 74.0 cm³/mol. The molecule has 0 heterocycles. The topological polar surface area (TPSA) is 49.7 Å². The Bertz CT molecular complexity index is 408. The summed E-state index contributed by atoms with van der Waals surface area (Å²) in [6.07, 6.45) is 0. The number of rotatable bonds is 5. The Morgan fingerprint density at radius 3 is 2.33 bits per heavy atom. The summed E-state index contributed by atoms with van der Waals surface area (Å²) in [6.45, 7) is 9.08. The minimum absolute atomic E-state index is 0.0163. The summed E-state index contributed by atoms with van der Waals surface area (Å²) >= 11 is 0. The molecule has 1 aromatic rings. The Balaban J connectivity index is 2.82. The van der Waals surface area contributed by atoms with E-state index in [1.54, 1.807) is 21.3 Å². The van der Waals surface area contributed by atoms with Gasteiger partial charge in [0.15, 0.2) is 0 Å². The number of aliphatic hydroxyl groups is 2. The highest BCUT2D eigenvalue weighted by Crippen LogP contribution is 2.24. The van der Waals surface area contributed by atoms with Gasteiger partial charge in [0.2, 0.25) is 0 Å². The van der Waals surface area contributed by atoms with Crippen molar-refractivity contribution in [2.75, 3.05) is 0 Å². The average molecular weight is 249 g/mol. The molecule has 0 saturated heterocycles. The molecular formula is C14H22BO3. The van der Waals surface area contributed by atoms with Gasteiger partial charge in [-0.1, -0.05) is 23.7 Å². The van der Waals surface area contributed by atoms with Crippen LogP contribution in [0.5, 0.6) is 0 Å². The van der Waals surface area contributed by atoms with Crippen LogP contribution in [0.25, 0.3) is 0 Å². The molecule has 0 fully saturated rings. The SMILES string of the molecule is Cc1c([B]OC(C)(C)C(C)(C)O)cccc1CO. The van der Waals surface area contributed by atoms with Crippen LogP contribution >= 0.6 is 0 Å². The van der Waals surface area contributed by atoms with Crippen molar-refractivity contribution in [1.82, 2.24) is 0 Å². The number of aliphatic hydroxyl groups excluding tert-OH is 1. The lowest BCUT2D eigenvalue weighted by molar-refractivity contribution is -0.0893. The van der Waals surface area contributed by atoms with E-state index in [1.807, 2.05) is 39.0 Å². The monoisotopic (exact) mass is 249 g/mol. The Kier molecular flexibility index (Phi) is 4.59. The van der Waals surface area contributed by atoms with Gasteiger partial charge in [0.1, 0.15) is 0 Å². The zero-order chi connectivity index (χ0) is 14.0. The maximum Gasteiger partial charge on any atom is 0.331 e. The molecule has 0 aliphatic heterocycles. The minimum Gasteiger partial charge on any atom is -0.427 e. The van der Waals surface area contributed by atoms with Gasteiger partial charge < -0.3 is 14.9 Å². The quantitative estimate of drug-likeness (QED) is 0.773. The average Bonchev–Trinajstić information content (AvgIpc) is 2.26. The molecule has 0 atom stereocenters. The zero-order valence-corrected chi connectivity index (χ0v) is 11.8. The summed E-state index contributed by atoms with van der Waals surface area (Å²) in [5.41, 5.74) is 1.17. The van der Waals surface area contributed by atoms with Crippen molar-refractivity contribution in [1.29, 1.82) is 0 Å². The van der Waals surface area contributed by atoms with Crippen LogP contribution in [0, 0.1) is 6.92 Å². The van der Waals surface area contributed by atoms with Crippen LogP contribution in [0.15, 0.2) is 18.2 Å². The first-order chi connectivity index (χ1) is 8.19. The van der Waals surface area contributed by atoms with Gasteiger partial charge >= 0.3 is 7.48 Å². The van der Waals surface area contributed by atoms with E-state index in [4.69, 9.17) is 4.65 Å². The Hall–Kier alpha value is -0.835. The Morgan fingerprint density at radius 1 is 1.22 bits per heavy atom. The van der Waals surface area contributed by atoms with Gasteiger partial charge in [0.25, 0.3) is 0 Å². The lowest BCUT2D eigenvalue weighted by Gasteiger charge is -2.37. The third-order valence-electron chi connectivity index (χ3n) is 3.61. The van der Waals surface area contributed by atoms with Crippen LogP contribution in [-0.2, 0) is 11.3 Å². The van der Waals surface area contributed by atoms with Gasteiger partial charge in [-0.2, -0.15) is 0 Å². The van der Waals surface area contributed by atoms with Crippen LogP contribution in [0.1, 0.15) is 38.8 Å². The van der Waals surface area contributed by atoms with Gasteiger partial charge in [-0.15, -0.1) is 0 Å². The highest BCUT2D eigenvalue weighted by Gasteiger charge is 2.35. The van der Waals surface area contributed by atoms with Crippen molar-refractivity contribution in [2.45, 2.75) is 52.4 Å². The van der Waals surface area contributed by atoms with Crippen molar-refractivity contribution < 1.29 is 14.9 Å². The van der Waals surface area contributed by atoms with Crippen LogP contribution < -0.4 is 5.46 Å². The molecular weight excluding hydrogens is 227 g/mol. The summed E-state index contributed by atoms with van der Waals surface area (Å²) in [6, 6.07) is 5.69. The predicted octanol–water partition coefficient (Wildman–Crippen LogP) is 1.30. The molecule has 2 N–H and O–H groups in total. The molecule has 4 heteroatoms. The van der Waals surface area contributed by atoms with E-state index >= 15 is 0 Å². The lowest BCUT2D eigenvalue weighted by atomic mass is 9.79. The minimum atomic E-state index is -0.938. The summed E-state index contributed by atoms with van der Waals surface area (Å²) in [5.74, 6) is 0. The molecule has 0 unspecified atom stereocenters. The van der Waals surface area contributed by atoms with Crippen LogP contribution in [0.2, 0.25) is 0 Å². The second kappa shape index (κ2) is 5.43. The van der Waals surface area contributed by atoms with E-state index in [0.717, 1.165) is 16.6 Å². The van der Waals surface area contributed by atoms with E-state index in [2.05, 4.69) is 0 Å². The normalized spacial score (nSPS) is 12.6. The third-order valence-corrected chi connectivity index (χ3v) is 3.61. The highest BCUT2D eigenvalue weighted by atomic mass is 16.5. The molecule has 0 amide bonds. The zero-order valence-electron chi connectivity index (χ0n) is 11.8. The lowest BCUT2D eigenvalue weighted by Crippen LogP contribution is -2.49. The Labute approximate surface area is 110 Å². The molecule has 0 saturated carbocycles. The maximum atomic E-state index is 10.0. The first-order valence-electron chi connectivity index (χ1n) is 6.12. The van der Waals surface area contributed by atoms with Gasteiger partial charge in [-0.3, -0.25) is 0 Å². The summed E-state index contributed by atoms with van der Waals surface area (Å²) in [4.78, 5) is 0. The standard InChI is InChI=1S/C14H22BO3/c1-10-11(9-16)7-6-8-12(10)15-18-14(4,5)13(2,3)17/h6-8,16-17H,9H2,1-5H3.